The molecule has 1 aromatic rings. The lowest BCUT2D eigenvalue weighted by atomic mass is 9.91. The van der Waals surface area contributed by atoms with E-state index in [4.69, 9.17) is 4.74 Å². The van der Waals surface area contributed by atoms with Gasteiger partial charge in [0.1, 0.15) is 0 Å². The fourth-order valence-electron chi connectivity index (χ4n) is 2.70. The summed E-state index contributed by atoms with van der Waals surface area (Å²) in [6.07, 6.45) is 1.16. The van der Waals surface area contributed by atoms with Crippen LogP contribution in [-0.4, -0.2) is 42.4 Å². The number of nitrogens with zero attached hydrogens (tertiary/aromatic N) is 1. The highest BCUT2D eigenvalue weighted by atomic mass is 32.1. The van der Waals surface area contributed by atoms with E-state index in [-0.39, 0.29) is 30.3 Å². The summed E-state index contributed by atoms with van der Waals surface area (Å²) >= 11 is 1.56. The third-order valence-corrected chi connectivity index (χ3v) is 5.02. The largest absolute Gasteiger partial charge is 0.455 e. The molecule has 0 saturated carbocycles. The number of hydrogen-bond acceptors (Lipinski definition) is 5. The molecule has 2 amide bonds. The Labute approximate surface area is 152 Å². The van der Waals surface area contributed by atoms with E-state index in [1.807, 2.05) is 38.3 Å². The van der Waals surface area contributed by atoms with Crippen molar-refractivity contribution < 1.29 is 19.1 Å². The summed E-state index contributed by atoms with van der Waals surface area (Å²) in [5.74, 6) is -0.794. The monoisotopic (exact) mass is 366 g/mol. The second-order valence-corrected chi connectivity index (χ2v) is 8.31. The molecule has 0 radical (unpaired) electrons. The molecule has 0 aromatic carbocycles. The summed E-state index contributed by atoms with van der Waals surface area (Å²) < 4.78 is 5.13. The van der Waals surface area contributed by atoms with Crippen LogP contribution >= 0.6 is 11.3 Å². The third kappa shape index (κ3) is 5.85. The Morgan fingerprint density at radius 1 is 1.28 bits per heavy atom. The summed E-state index contributed by atoms with van der Waals surface area (Å²) in [6, 6.07) is 3.85. The highest BCUT2D eigenvalue weighted by molar-refractivity contribution is 7.09. The van der Waals surface area contributed by atoms with Gasteiger partial charge in [-0.3, -0.25) is 14.4 Å². The second kappa shape index (κ2) is 8.47. The van der Waals surface area contributed by atoms with Crippen molar-refractivity contribution in [2.45, 2.75) is 40.2 Å². The molecule has 138 valence electrons. The molecule has 6 nitrogen and oxygen atoms in total. The van der Waals surface area contributed by atoms with E-state index in [9.17, 15) is 14.4 Å². The van der Waals surface area contributed by atoms with Gasteiger partial charge in [0, 0.05) is 23.4 Å². The molecule has 1 aromatic heterocycles. The maximum Gasteiger partial charge on any atom is 0.309 e. The van der Waals surface area contributed by atoms with Crippen molar-refractivity contribution in [3.8, 4) is 0 Å². The average molecular weight is 366 g/mol. The van der Waals surface area contributed by atoms with Crippen LogP contribution in [0.2, 0.25) is 0 Å². The fraction of sp³-hybridized carbons (Fsp3) is 0.611. The fourth-order valence-corrected chi connectivity index (χ4v) is 3.34. The van der Waals surface area contributed by atoms with Gasteiger partial charge in [0.15, 0.2) is 6.61 Å². The highest BCUT2D eigenvalue weighted by Gasteiger charge is 2.33. The number of carbonyl (C=O) groups is 3. The zero-order valence-electron chi connectivity index (χ0n) is 15.0. The first kappa shape index (κ1) is 19.4. The Balaban J connectivity index is 1.68. The zero-order chi connectivity index (χ0) is 18.4. The van der Waals surface area contributed by atoms with Gasteiger partial charge in [0.2, 0.25) is 5.91 Å². The van der Waals surface area contributed by atoms with Gasteiger partial charge in [-0.15, -0.1) is 11.3 Å². The number of thiophene rings is 1. The number of ether oxygens (including phenoxy) is 1. The summed E-state index contributed by atoms with van der Waals surface area (Å²) in [5, 5.41) is 4.67. The molecule has 1 N–H and O–H groups in total. The summed E-state index contributed by atoms with van der Waals surface area (Å²) in [5.41, 5.74) is -0.409. The first-order chi connectivity index (χ1) is 11.8. The van der Waals surface area contributed by atoms with Crippen LogP contribution in [0.3, 0.4) is 0 Å². The molecular weight excluding hydrogens is 340 g/mol. The number of hydrogen-bond donors (Lipinski definition) is 1. The summed E-state index contributed by atoms with van der Waals surface area (Å²) in [6.45, 7) is 6.98. The summed E-state index contributed by atoms with van der Waals surface area (Å²) in [7, 11) is 0. The minimum absolute atomic E-state index is 0.104. The molecule has 0 unspecified atom stereocenters. The lowest BCUT2D eigenvalue weighted by Crippen LogP contribution is -2.45. The van der Waals surface area contributed by atoms with E-state index < -0.39 is 5.41 Å². The smallest absolute Gasteiger partial charge is 0.309 e. The van der Waals surface area contributed by atoms with Crippen LogP contribution in [0.15, 0.2) is 17.5 Å². The maximum absolute atomic E-state index is 12.2. The van der Waals surface area contributed by atoms with E-state index in [0.717, 1.165) is 4.88 Å². The zero-order valence-corrected chi connectivity index (χ0v) is 15.9. The Hall–Kier alpha value is -1.89. The number of piperidine rings is 1. The van der Waals surface area contributed by atoms with Gasteiger partial charge in [-0.25, -0.2) is 0 Å². The van der Waals surface area contributed by atoms with Crippen molar-refractivity contribution in [1.82, 2.24) is 10.2 Å². The predicted molar refractivity (Wildman–Crippen MR) is 95.9 cm³/mol. The lowest BCUT2D eigenvalue weighted by Gasteiger charge is -2.34. The predicted octanol–water partition coefficient (Wildman–Crippen LogP) is 2.19. The van der Waals surface area contributed by atoms with Crippen LogP contribution in [0.1, 0.15) is 38.5 Å². The molecular formula is C18H26N2O4S. The number of rotatable bonds is 5. The van der Waals surface area contributed by atoms with E-state index in [0.29, 0.717) is 32.5 Å². The Bertz CT molecular complexity index is 599. The van der Waals surface area contributed by atoms with Gasteiger partial charge in [0.25, 0.3) is 5.91 Å². The number of amides is 2. The van der Waals surface area contributed by atoms with Crippen LogP contribution in [-0.2, 0) is 25.7 Å². The van der Waals surface area contributed by atoms with Gasteiger partial charge in [0.05, 0.1) is 12.5 Å². The van der Waals surface area contributed by atoms with Crippen LogP contribution in [0, 0.1) is 11.3 Å². The Kier molecular flexibility index (Phi) is 6.58. The van der Waals surface area contributed by atoms with Crippen LogP contribution in [0.4, 0.5) is 0 Å². The number of esters is 1. The molecule has 2 rings (SSSR count). The van der Waals surface area contributed by atoms with E-state index in [1.54, 1.807) is 16.2 Å². The lowest BCUT2D eigenvalue weighted by molar-refractivity contribution is -0.155. The molecule has 2 heterocycles. The SMILES string of the molecule is CC(C)(C)C(=O)N1CCC(C(=O)OCC(=O)NCc2cccs2)CC1. The third-order valence-electron chi connectivity index (χ3n) is 4.14. The molecule has 1 saturated heterocycles. The van der Waals surface area contributed by atoms with E-state index >= 15 is 0 Å². The summed E-state index contributed by atoms with van der Waals surface area (Å²) in [4.78, 5) is 38.9. The number of nitrogens with one attached hydrogen (secondary N) is 1. The normalized spacial score (nSPS) is 15.7. The molecule has 0 aliphatic carbocycles. The van der Waals surface area contributed by atoms with Crippen molar-refractivity contribution >= 4 is 29.1 Å². The standard InChI is InChI=1S/C18H26N2O4S/c1-18(2,3)17(23)20-8-6-13(7-9-20)16(22)24-12-15(21)19-11-14-5-4-10-25-14/h4-5,10,13H,6-9,11-12H2,1-3H3,(H,19,21). The van der Waals surface area contributed by atoms with Crippen molar-refractivity contribution in [2.24, 2.45) is 11.3 Å². The minimum atomic E-state index is -0.409. The molecule has 25 heavy (non-hydrogen) atoms. The number of carbonyl (C=O) groups excluding carboxylic acids is 3. The van der Waals surface area contributed by atoms with E-state index in [2.05, 4.69) is 5.32 Å². The van der Waals surface area contributed by atoms with Crippen molar-refractivity contribution in [3.63, 3.8) is 0 Å². The molecule has 1 fully saturated rings. The van der Waals surface area contributed by atoms with Crippen molar-refractivity contribution in [2.75, 3.05) is 19.7 Å². The average Bonchev–Trinajstić information content (AvgIpc) is 3.10. The van der Waals surface area contributed by atoms with Crippen LogP contribution in [0.5, 0.6) is 0 Å². The molecule has 0 spiro atoms. The van der Waals surface area contributed by atoms with Gasteiger partial charge in [-0.2, -0.15) is 0 Å². The van der Waals surface area contributed by atoms with Crippen LogP contribution in [0.25, 0.3) is 0 Å². The molecule has 7 heteroatoms. The maximum atomic E-state index is 12.2. The first-order valence-corrected chi connectivity index (χ1v) is 9.40. The molecule has 1 aliphatic heterocycles. The van der Waals surface area contributed by atoms with Gasteiger partial charge in [-0.05, 0) is 24.3 Å². The first-order valence-electron chi connectivity index (χ1n) is 8.52. The minimum Gasteiger partial charge on any atom is -0.455 e. The Morgan fingerprint density at radius 3 is 2.52 bits per heavy atom. The number of likely N-dealkylation sites (tertiary alicyclic amines) is 1. The molecule has 0 bridgehead atoms. The highest BCUT2D eigenvalue weighted by Crippen LogP contribution is 2.24. The van der Waals surface area contributed by atoms with Gasteiger partial charge >= 0.3 is 5.97 Å². The van der Waals surface area contributed by atoms with Crippen LogP contribution < -0.4 is 5.32 Å². The molecule has 1 aliphatic rings. The van der Waals surface area contributed by atoms with Gasteiger partial charge < -0.3 is 15.0 Å². The molecule has 0 atom stereocenters. The van der Waals surface area contributed by atoms with E-state index in [1.165, 1.54) is 0 Å². The quantitative estimate of drug-likeness (QED) is 0.811. The Morgan fingerprint density at radius 2 is 1.96 bits per heavy atom. The van der Waals surface area contributed by atoms with Gasteiger partial charge in [-0.1, -0.05) is 26.8 Å². The second-order valence-electron chi connectivity index (χ2n) is 7.28. The van der Waals surface area contributed by atoms with Crippen molar-refractivity contribution in [1.29, 1.82) is 0 Å². The van der Waals surface area contributed by atoms with Crippen molar-refractivity contribution in [3.05, 3.63) is 22.4 Å². The topological polar surface area (TPSA) is 75.7 Å².